The molecule has 90 valence electrons. The van der Waals surface area contributed by atoms with E-state index in [2.05, 4.69) is 11.4 Å². The predicted molar refractivity (Wildman–Crippen MR) is 65.6 cm³/mol. The van der Waals surface area contributed by atoms with Gasteiger partial charge in [-0.05, 0) is 19.4 Å². The lowest BCUT2D eigenvalue weighted by atomic mass is 10.1. The summed E-state index contributed by atoms with van der Waals surface area (Å²) in [5.74, 6) is -0.0385. The van der Waals surface area contributed by atoms with Gasteiger partial charge in [-0.25, -0.2) is 13.6 Å². The van der Waals surface area contributed by atoms with E-state index >= 15 is 0 Å². The Labute approximate surface area is 96.9 Å². The Kier molecular flexibility index (Phi) is 4.46. The van der Waals surface area contributed by atoms with Crippen LogP contribution in [-0.4, -0.2) is 20.7 Å². The molecule has 0 aromatic heterocycles. The van der Waals surface area contributed by atoms with Crippen molar-refractivity contribution in [3.8, 4) is 0 Å². The van der Waals surface area contributed by atoms with Crippen molar-refractivity contribution in [1.29, 1.82) is 0 Å². The second-order valence-electron chi connectivity index (χ2n) is 3.96. The molecule has 0 aliphatic heterocycles. The van der Waals surface area contributed by atoms with E-state index in [9.17, 15) is 8.42 Å². The number of sulfonamides is 1. The fourth-order valence-electron chi connectivity index (χ4n) is 1.48. The number of aryl methyl sites for hydroxylation is 1. The Balaban J connectivity index is 2.50. The summed E-state index contributed by atoms with van der Waals surface area (Å²) in [6.07, 6.45) is 0. The van der Waals surface area contributed by atoms with Gasteiger partial charge >= 0.3 is 0 Å². The van der Waals surface area contributed by atoms with Crippen LogP contribution in [0.2, 0.25) is 0 Å². The van der Waals surface area contributed by atoms with Gasteiger partial charge in [0.15, 0.2) is 0 Å². The number of benzene rings is 1. The molecule has 0 bridgehead atoms. The lowest BCUT2D eigenvalue weighted by Gasteiger charge is -2.14. The molecule has 1 aromatic carbocycles. The zero-order valence-corrected chi connectivity index (χ0v) is 10.4. The van der Waals surface area contributed by atoms with Crippen molar-refractivity contribution in [2.45, 2.75) is 19.9 Å². The second-order valence-corrected chi connectivity index (χ2v) is 5.69. The highest BCUT2D eigenvalue weighted by Gasteiger charge is 2.07. The quantitative estimate of drug-likeness (QED) is 0.807. The minimum Gasteiger partial charge on any atom is -0.309 e. The molecule has 1 atom stereocenters. The lowest BCUT2D eigenvalue weighted by molar-refractivity contribution is 0.573. The molecule has 0 radical (unpaired) electrons. The Morgan fingerprint density at radius 2 is 2.12 bits per heavy atom. The van der Waals surface area contributed by atoms with Crippen LogP contribution in [0.5, 0.6) is 0 Å². The van der Waals surface area contributed by atoms with E-state index in [4.69, 9.17) is 5.14 Å². The van der Waals surface area contributed by atoms with Crippen LogP contribution in [0.15, 0.2) is 24.3 Å². The van der Waals surface area contributed by atoms with Gasteiger partial charge in [-0.15, -0.1) is 0 Å². The third-order valence-corrected chi connectivity index (χ3v) is 3.15. The van der Waals surface area contributed by atoms with Crippen molar-refractivity contribution in [2.24, 2.45) is 5.14 Å². The number of nitrogens with two attached hydrogens (primary N) is 1. The van der Waals surface area contributed by atoms with Crippen molar-refractivity contribution in [2.75, 3.05) is 12.3 Å². The highest BCUT2D eigenvalue weighted by molar-refractivity contribution is 7.89. The molecule has 0 saturated carbocycles. The monoisotopic (exact) mass is 242 g/mol. The first-order valence-corrected chi connectivity index (χ1v) is 6.90. The standard InChI is InChI=1S/C11H18N2O2S/c1-9-4-3-5-11(8-9)10(2)13-6-7-16(12,14)15/h3-5,8,10,13H,6-7H2,1-2H3,(H2,12,14,15)/t10-/m0/s1. The molecule has 5 heteroatoms. The normalized spacial score (nSPS) is 13.7. The van der Waals surface area contributed by atoms with Gasteiger partial charge in [0, 0.05) is 12.6 Å². The van der Waals surface area contributed by atoms with Gasteiger partial charge in [-0.3, -0.25) is 0 Å². The summed E-state index contributed by atoms with van der Waals surface area (Å²) in [5.41, 5.74) is 2.34. The fraction of sp³-hybridized carbons (Fsp3) is 0.455. The summed E-state index contributed by atoms with van der Waals surface area (Å²) < 4.78 is 21.5. The average Bonchev–Trinajstić information content (AvgIpc) is 2.15. The van der Waals surface area contributed by atoms with Gasteiger partial charge in [0.1, 0.15) is 0 Å². The first kappa shape index (κ1) is 13.2. The number of primary sulfonamides is 1. The number of nitrogens with one attached hydrogen (secondary N) is 1. The maximum atomic E-state index is 10.7. The largest absolute Gasteiger partial charge is 0.309 e. The summed E-state index contributed by atoms with van der Waals surface area (Å²) in [5, 5.41) is 8.04. The number of hydrogen-bond acceptors (Lipinski definition) is 3. The molecule has 4 nitrogen and oxygen atoms in total. The highest BCUT2D eigenvalue weighted by Crippen LogP contribution is 2.13. The number of hydrogen-bond donors (Lipinski definition) is 2. The Morgan fingerprint density at radius 1 is 1.44 bits per heavy atom. The zero-order valence-electron chi connectivity index (χ0n) is 9.60. The topological polar surface area (TPSA) is 72.2 Å². The average molecular weight is 242 g/mol. The lowest BCUT2D eigenvalue weighted by Crippen LogP contribution is -2.28. The smallest absolute Gasteiger partial charge is 0.210 e. The third-order valence-electron chi connectivity index (χ3n) is 2.38. The van der Waals surface area contributed by atoms with Crippen LogP contribution in [0.25, 0.3) is 0 Å². The van der Waals surface area contributed by atoms with Crippen LogP contribution < -0.4 is 10.5 Å². The molecular weight excluding hydrogens is 224 g/mol. The third kappa shape index (κ3) is 4.74. The van der Waals surface area contributed by atoms with E-state index in [0.717, 1.165) is 5.56 Å². The van der Waals surface area contributed by atoms with E-state index in [1.165, 1.54) is 5.56 Å². The molecule has 0 unspecified atom stereocenters. The first-order valence-electron chi connectivity index (χ1n) is 5.19. The van der Waals surface area contributed by atoms with Crippen molar-refractivity contribution >= 4 is 10.0 Å². The maximum Gasteiger partial charge on any atom is 0.210 e. The molecule has 0 aliphatic carbocycles. The van der Waals surface area contributed by atoms with Gasteiger partial charge in [0.2, 0.25) is 10.0 Å². The van der Waals surface area contributed by atoms with Crippen LogP contribution in [0.3, 0.4) is 0 Å². The number of rotatable bonds is 5. The molecule has 3 N–H and O–H groups in total. The van der Waals surface area contributed by atoms with Crippen LogP contribution in [0.1, 0.15) is 24.1 Å². The fourth-order valence-corrected chi connectivity index (χ4v) is 1.88. The van der Waals surface area contributed by atoms with E-state index in [-0.39, 0.29) is 11.8 Å². The molecule has 0 saturated heterocycles. The SMILES string of the molecule is Cc1cccc([C@H](C)NCCS(N)(=O)=O)c1. The molecule has 0 amide bonds. The van der Waals surface area contributed by atoms with E-state index in [1.54, 1.807) is 0 Å². The Morgan fingerprint density at radius 3 is 2.69 bits per heavy atom. The zero-order chi connectivity index (χ0) is 12.2. The molecule has 16 heavy (non-hydrogen) atoms. The molecule has 0 spiro atoms. The summed E-state index contributed by atoms with van der Waals surface area (Å²) >= 11 is 0. The Hall–Kier alpha value is -0.910. The molecule has 0 fully saturated rings. The Bertz CT molecular complexity index is 443. The van der Waals surface area contributed by atoms with Crippen LogP contribution in [0, 0.1) is 6.92 Å². The summed E-state index contributed by atoms with van der Waals surface area (Å²) in [4.78, 5) is 0. The summed E-state index contributed by atoms with van der Waals surface area (Å²) in [7, 11) is -3.37. The van der Waals surface area contributed by atoms with Crippen molar-refractivity contribution in [3.63, 3.8) is 0 Å². The van der Waals surface area contributed by atoms with Crippen molar-refractivity contribution in [1.82, 2.24) is 5.32 Å². The first-order chi connectivity index (χ1) is 7.38. The second kappa shape index (κ2) is 5.43. The van der Waals surface area contributed by atoms with Crippen LogP contribution in [0.4, 0.5) is 0 Å². The highest BCUT2D eigenvalue weighted by atomic mass is 32.2. The van der Waals surface area contributed by atoms with Crippen LogP contribution >= 0.6 is 0 Å². The van der Waals surface area contributed by atoms with Gasteiger partial charge in [-0.1, -0.05) is 29.8 Å². The van der Waals surface area contributed by atoms with Gasteiger partial charge in [-0.2, -0.15) is 0 Å². The van der Waals surface area contributed by atoms with E-state index in [0.29, 0.717) is 6.54 Å². The maximum absolute atomic E-state index is 10.7. The molecular formula is C11H18N2O2S. The van der Waals surface area contributed by atoms with Gasteiger partial charge in [0.25, 0.3) is 0 Å². The van der Waals surface area contributed by atoms with Crippen molar-refractivity contribution in [3.05, 3.63) is 35.4 Å². The minimum absolute atomic E-state index is 0.0385. The minimum atomic E-state index is -3.37. The molecule has 0 aliphatic rings. The summed E-state index contributed by atoms with van der Waals surface area (Å²) in [6, 6.07) is 8.24. The van der Waals surface area contributed by atoms with Crippen molar-refractivity contribution < 1.29 is 8.42 Å². The van der Waals surface area contributed by atoms with Gasteiger partial charge in [0.05, 0.1) is 5.75 Å². The van der Waals surface area contributed by atoms with Crippen LogP contribution in [-0.2, 0) is 10.0 Å². The molecule has 1 rings (SSSR count). The summed E-state index contributed by atoms with van der Waals surface area (Å²) in [6.45, 7) is 4.40. The van der Waals surface area contributed by atoms with Gasteiger partial charge < -0.3 is 5.32 Å². The van der Waals surface area contributed by atoms with E-state index in [1.807, 2.05) is 32.0 Å². The molecule has 1 aromatic rings. The van der Waals surface area contributed by atoms with E-state index < -0.39 is 10.0 Å². The predicted octanol–water partition coefficient (Wildman–Crippen LogP) is 0.934. The molecule has 0 heterocycles.